The van der Waals surface area contributed by atoms with Gasteiger partial charge < -0.3 is 0 Å². The first kappa shape index (κ1) is 48.9. The summed E-state index contributed by atoms with van der Waals surface area (Å²) in [5.74, 6) is 0. The van der Waals surface area contributed by atoms with Gasteiger partial charge in [0.1, 0.15) is 0 Å². The third-order valence-electron chi connectivity index (χ3n) is 13.8. The molecule has 0 fully saturated rings. The second kappa shape index (κ2) is 21.5. The SMILES string of the molecule is Cc1cc(-c2ccccc2C=Cc2ccc(C=C(c3ccccc3)c3ccc(C(C)(C)C)cc3)cc2)c(C)cc1-c1ccccc1C=Cc1ccc(C=C(c2ccccc2)c2ccc(C(C)(C)C)cc2)cc1. The van der Waals surface area contributed by atoms with E-state index in [-0.39, 0.29) is 10.8 Å². The van der Waals surface area contributed by atoms with E-state index in [1.807, 2.05) is 0 Å². The summed E-state index contributed by atoms with van der Waals surface area (Å²) in [6.07, 6.45) is 13.6. The van der Waals surface area contributed by atoms with Gasteiger partial charge in [-0.05, 0) is 148 Å². The first-order chi connectivity index (χ1) is 34.8. The van der Waals surface area contributed by atoms with Gasteiger partial charge in [-0.25, -0.2) is 0 Å². The molecule has 0 N–H and O–H groups in total. The standard InChI is InChI=1S/C72H66/c1-51-47-68(66-26-18-16-24-60(66)38-36-54-29-33-56(34-30-54)50-70(58-21-13-10-14-22-58)62-41-45-64(46-42-62)72(6,7)8)52(2)48-67(51)65-25-17-15-23-59(65)37-35-53-27-31-55(32-28-53)49-69(57-19-11-9-12-20-57)61-39-43-63(44-40-61)71(3,4)5/h9-50H,1-8H3. The van der Waals surface area contributed by atoms with Gasteiger partial charge in [-0.15, -0.1) is 0 Å². The molecule has 0 amide bonds. The number of benzene rings is 9. The quantitative estimate of drug-likeness (QED) is 0.107. The summed E-state index contributed by atoms with van der Waals surface area (Å²) in [6, 6.07) is 79.5. The summed E-state index contributed by atoms with van der Waals surface area (Å²) in [5.41, 5.74) is 24.7. The van der Waals surface area contributed by atoms with Crippen LogP contribution in [0, 0.1) is 13.8 Å². The Balaban J connectivity index is 0.931. The molecule has 0 saturated carbocycles. The zero-order valence-corrected chi connectivity index (χ0v) is 43.2. The lowest BCUT2D eigenvalue weighted by atomic mass is 9.85. The van der Waals surface area contributed by atoms with E-state index >= 15 is 0 Å². The molecule has 354 valence electrons. The van der Waals surface area contributed by atoms with Crippen molar-refractivity contribution in [1.82, 2.24) is 0 Å². The van der Waals surface area contributed by atoms with Crippen LogP contribution < -0.4 is 0 Å². The second-order valence-electron chi connectivity index (χ2n) is 21.2. The van der Waals surface area contributed by atoms with Crippen molar-refractivity contribution < 1.29 is 0 Å². The van der Waals surface area contributed by atoms with Crippen LogP contribution in [-0.4, -0.2) is 0 Å². The number of hydrogen-bond donors (Lipinski definition) is 0. The van der Waals surface area contributed by atoms with Crippen molar-refractivity contribution in [2.24, 2.45) is 0 Å². The highest BCUT2D eigenvalue weighted by Crippen LogP contribution is 2.37. The van der Waals surface area contributed by atoms with Crippen molar-refractivity contribution in [3.63, 3.8) is 0 Å². The molecule has 0 bridgehead atoms. The van der Waals surface area contributed by atoms with Crippen molar-refractivity contribution >= 4 is 47.6 Å². The highest BCUT2D eigenvalue weighted by molar-refractivity contribution is 5.93. The molecule has 0 atom stereocenters. The van der Waals surface area contributed by atoms with Gasteiger partial charge in [-0.2, -0.15) is 0 Å². The summed E-state index contributed by atoms with van der Waals surface area (Å²) in [5, 5.41) is 0. The Kier molecular flexibility index (Phi) is 14.6. The Hall–Kier alpha value is -8.06. The van der Waals surface area contributed by atoms with Gasteiger partial charge in [-0.3, -0.25) is 0 Å². The van der Waals surface area contributed by atoms with Crippen molar-refractivity contribution in [3.8, 4) is 22.3 Å². The largest absolute Gasteiger partial charge is 0.0622 e. The third-order valence-corrected chi connectivity index (χ3v) is 13.8. The Labute approximate surface area is 430 Å². The van der Waals surface area contributed by atoms with E-state index in [0.717, 1.165) is 11.1 Å². The average molecular weight is 931 g/mol. The van der Waals surface area contributed by atoms with Crippen LogP contribution in [0.25, 0.3) is 69.9 Å². The zero-order valence-electron chi connectivity index (χ0n) is 43.2. The summed E-state index contributed by atoms with van der Waals surface area (Å²) in [4.78, 5) is 0. The molecule has 9 aromatic carbocycles. The molecular weight excluding hydrogens is 865 g/mol. The summed E-state index contributed by atoms with van der Waals surface area (Å²) in [7, 11) is 0. The minimum absolute atomic E-state index is 0.109. The van der Waals surface area contributed by atoms with Crippen LogP contribution in [0.3, 0.4) is 0 Å². The molecule has 0 aliphatic rings. The highest BCUT2D eigenvalue weighted by atomic mass is 14.2. The maximum atomic E-state index is 2.37. The van der Waals surface area contributed by atoms with Gasteiger partial charge in [0.15, 0.2) is 0 Å². The number of rotatable bonds is 12. The van der Waals surface area contributed by atoms with E-state index in [9.17, 15) is 0 Å². The van der Waals surface area contributed by atoms with E-state index in [0.29, 0.717) is 0 Å². The molecule has 0 saturated heterocycles. The lowest BCUT2D eigenvalue weighted by Crippen LogP contribution is -2.10. The van der Waals surface area contributed by atoms with E-state index in [1.165, 1.54) is 100 Å². The molecule has 72 heavy (non-hydrogen) atoms. The van der Waals surface area contributed by atoms with Crippen molar-refractivity contribution in [1.29, 1.82) is 0 Å². The first-order valence-electron chi connectivity index (χ1n) is 25.4. The van der Waals surface area contributed by atoms with Crippen LogP contribution >= 0.6 is 0 Å². The van der Waals surface area contributed by atoms with Gasteiger partial charge in [-0.1, -0.05) is 284 Å². The fourth-order valence-corrected chi connectivity index (χ4v) is 9.49. The second-order valence-corrected chi connectivity index (χ2v) is 21.2. The molecule has 0 unspecified atom stereocenters. The molecule has 0 nitrogen and oxygen atoms in total. The molecule has 0 aliphatic heterocycles. The molecule has 0 aliphatic carbocycles. The van der Waals surface area contributed by atoms with E-state index in [1.54, 1.807) is 0 Å². The van der Waals surface area contributed by atoms with E-state index < -0.39 is 0 Å². The molecule has 0 aromatic heterocycles. The predicted molar refractivity (Wildman–Crippen MR) is 315 cm³/mol. The molecule has 0 heterocycles. The summed E-state index contributed by atoms with van der Waals surface area (Å²) in [6.45, 7) is 18.1. The Morgan fingerprint density at radius 1 is 0.292 bits per heavy atom. The summed E-state index contributed by atoms with van der Waals surface area (Å²) < 4.78 is 0. The monoisotopic (exact) mass is 931 g/mol. The average Bonchev–Trinajstić information content (AvgIpc) is 3.40. The Morgan fingerprint density at radius 3 is 0.944 bits per heavy atom. The van der Waals surface area contributed by atoms with Crippen LogP contribution in [0.1, 0.15) is 119 Å². The minimum Gasteiger partial charge on any atom is -0.0622 e. The Morgan fingerprint density at radius 2 is 0.597 bits per heavy atom. The smallest absolute Gasteiger partial charge is 0.0105 e. The minimum atomic E-state index is 0.109. The van der Waals surface area contributed by atoms with Gasteiger partial charge in [0, 0.05) is 0 Å². The van der Waals surface area contributed by atoms with Crippen molar-refractivity contribution in [2.45, 2.75) is 66.2 Å². The number of hydrogen-bond acceptors (Lipinski definition) is 0. The fourth-order valence-electron chi connectivity index (χ4n) is 9.49. The highest BCUT2D eigenvalue weighted by Gasteiger charge is 2.17. The molecule has 0 radical (unpaired) electrons. The van der Waals surface area contributed by atoms with Crippen LogP contribution in [0.2, 0.25) is 0 Å². The van der Waals surface area contributed by atoms with E-state index in [4.69, 9.17) is 0 Å². The van der Waals surface area contributed by atoms with E-state index in [2.05, 4.69) is 310 Å². The predicted octanol–water partition coefficient (Wildman–Crippen LogP) is 19.8. The molecule has 9 aromatic rings. The molecule has 0 spiro atoms. The maximum absolute atomic E-state index is 2.37. The third kappa shape index (κ3) is 11.7. The van der Waals surface area contributed by atoms with Gasteiger partial charge in [0.25, 0.3) is 0 Å². The first-order valence-corrected chi connectivity index (χ1v) is 25.4. The topological polar surface area (TPSA) is 0 Å². The molecule has 0 heteroatoms. The molecular formula is C72H66. The maximum Gasteiger partial charge on any atom is -0.0105 e. The lowest BCUT2D eigenvalue weighted by Gasteiger charge is -2.19. The van der Waals surface area contributed by atoms with Crippen LogP contribution in [0.5, 0.6) is 0 Å². The zero-order chi connectivity index (χ0) is 50.2. The van der Waals surface area contributed by atoms with Gasteiger partial charge in [0.2, 0.25) is 0 Å². The molecule has 9 rings (SSSR count). The van der Waals surface area contributed by atoms with Crippen molar-refractivity contribution in [3.05, 3.63) is 296 Å². The Bertz CT molecular complexity index is 3160. The van der Waals surface area contributed by atoms with Gasteiger partial charge >= 0.3 is 0 Å². The van der Waals surface area contributed by atoms with Crippen LogP contribution in [0.4, 0.5) is 0 Å². The summed E-state index contributed by atoms with van der Waals surface area (Å²) >= 11 is 0. The van der Waals surface area contributed by atoms with Gasteiger partial charge in [0.05, 0.1) is 0 Å². The van der Waals surface area contributed by atoms with Crippen molar-refractivity contribution in [2.75, 3.05) is 0 Å². The van der Waals surface area contributed by atoms with Crippen LogP contribution in [-0.2, 0) is 10.8 Å². The van der Waals surface area contributed by atoms with Crippen LogP contribution in [0.15, 0.2) is 218 Å². The fraction of sp³-hybridized carbons (Fsp3) is 0.139. The normalized spacial score (nSPS) is 12.5. The number of aryl methyl sites for hydroxylation is 2. The lowest BCUT2D eigenvalue weighted by molar-refractivity contribution is 0.590.